The van der Waals surface area contributed by atoms with Gasteiger partial charge in [0.2, 0.25) is 0 Å². The van der Waals surface area contributed by atoms with E-state index in [9.17, 15) is 0 Å². The summed E-state index contributed by atoms with van der Waals surface area (Å²) in [5.74, 6) is 3.71. The summed E-state index contributed by atoms with van der Waals surface area (Å²) in [6.07, 6.45) is 5.47. The van der Waals surface area contributed by atoms with Crippen molar-refractivity contribution in [2.75, 3.05) is 0 Å². The molecule has 1 saturated heterocycles. The monoisotopic (exact) mass is 220 g/mol. The van der Waals surface area contributed by atoms with E-state index in [-0.39, 0.29) is 11.2 Å². The number of fused-ring (bicyclic) bond motifs is 1. The molecule has 6 unspecified atom stereocenters. The van der Waals surface area contributed by atoms with Gasteiger partial charge in [-0.1, -0.05) is 13.8 Å². The van der Waals surface area contributed by atoms with Gasteiger partial charge in [-0.25, -0.2) is 0 Å². The predicted octanol–water partition coefficient (Wildman–Crippen LogP) is 3.63. The molecule has 3 saturated carbocycles. The molecule has 0 N–H and O–H groups in total. The third-order valence-electron chi connectivity index (χ3n) is 6.82. The lowest BCUT2D eigenvalue weighted by atomic mass is 9.77. The molecule has 0 amide bonds. The first-order valence-electron chi connectivity index (χ1n) is 7.09. The van der Waals surface area contributed by atoms with Gasteiger partial charge >= 0.3 is 0 Å². The molecule has 90 valence electrons. The molecule has 0 aromatic carbocycles. The average Bonchev–Trinajstić information content (AvgIpc) is 2.46. The number of rotatable bonds is 0. The highest BCUT2D eigenvalue weighted by atomic mass is 16.5. The topological polar surface area (TPSA) is 9.23 Å². The first kappa shape index (κ1) is 9.94. The molecular weight excluding hydrogens is 196 g/mol. The maximum atomic E-state index is 6.53. The first-order valence-corrected chi connectivity index (χ1v) is 7.09. The van der Waals surface area contributed by atoms with Crippen LogP contribution in [0.2, 0.25) is 0 Å². The Bertz CT molecular complexity index is 360. The van der Waals surface area contributed by atoms with Crippen molar-refractivity contribution < 1.29 is 4.74 Å². The van der Waals surface area contributed by atoms with Crippen LogP contribution in [0.5, 0.6) is 0 Å². The molecule has 3 aliphatic carbocycles. The molecule has 4 fully saturated rings. The SMILES string of the molecule is CC12CCC3C(C4C1CCC4(C)O2)C3(C)C. The van der Waals surface area contributed by atoms with Crippen molar-refractivity contribution in [1.82, 2.24) is 0 Å². The van der Waals surface area contributed by atoms with Crippen LogP contribution >= 0.6 is 0 Å². The highest BCUT2D eigenvalue weighted by molar-refractivity contribution is 5.22. The zero-order valence-electron chi connectivity index (χ0n) is 11.0. The second-order valence-electron chi connectivity index (χ2n) is 7.89. The van der Waals surface area contributed by atoms with Gasteiger partial charge in [0, 0.05) is 0 Å². The molecule has 0 spiro atoms. The van der Waals surface area contributed by atoms with Crippen molar-refractivity contribution in [2.24, 2.45) is 29.1 Å². The first-order chi connectivity index (χ1) is 7.39. The third-order valence-corrected chi connectivity index (χ3v) is 6.82. The summed E-state index contributed by atoms with van der Waals surface area (Å²) < 4.78 is 6.53. The van der Waals surface area contributed by atoms with Crippen LogP contribution in [-0.4, -0.2) is 11.2 Å². The maximum absolute atomic E-state index is 6.53. The lowest BCUT2D eigenvalue weighted by molar-refractivity contribution is -0.133. The summed E-state index contributed by atoms with van der Waals surface area (Å²) in [4.78, 5) is 0. The fourth-order valence-electron chi connectivity index (χ4n) is 5.99. The van der Waals surface area contributed by atoms with Gasteiger partial charge < -0.3 is 4.74 Å². The number of hydrogen-bond acceptors (Lipinski definition) is 1. The zero-order chi connectivity index (χ0) is 11.3. The molecule has 4 bridgehead atoms. The van der Waals surface area contributed by atoms with Gasteiger partial charge in [0.1, 0.15) is 0 Å². The van der Waals surface area contributed by atoms with Crippen molar-refractivity contribution in [3.05, 3.63) is 0 Å². The number of ether oxygens (including phenoxy) is 1. The maximum Gasteiger partial charge on any atom is 0.0696 e. The van der Waals surface area contributed by atoms with Gasteiger partial charge in [-0.05, 0) is 68.6 Å². The van der Waals surface area contributed by atoms with Gasteiger partial charge in [-0.3, -0.25) is 0 Å². The molecule has 6 atom stereocenters. The van der Waals surface area contributed by atoms with Gasteiger partial charge in [0.25, 0.3) is 0 Å². The van der Waals surface area contributed by atoms with Crippen LogP contribution in [0, 0.1) is 29.1 Å². The van der Waals surface area contributed by atoms with E-state index in [4.69, 9.17) is 4.74 Å². The summed E-state index contributed by atoms with van der Waals surface area (Å²) >= 11 is 0. The Kier molecular flexibility index (Phi) is 1.48. The van der Waals surface area contributed by atoms with E-state index in [1.165, 1.54) is 25.7 Å². The lowest BCUT2D eigenvalue weighted by Crippen LogP contribution is -2.38. The molecule has 1 heterocycles. The molecule has 16 heavy (non-hydrogen) atoms. The number of hydrogen-bond donors (Lipinski definition) is 0. The Morgan fingerprint density at radius 2 is 1.44 bits per heavy atom. The van der Waals surface area contributed by atoms with E-state index in [0.717, 1.165) is 23.7 Å². The molecule has 0 radical (unpaired) electrons. The minimum atomic E-state index is 0.233. The average molecular weight is 220 g/mol. The summed E-state index contributed by atoms with van der Waals surface area (Å²) in [5.41, 5.74) is 1.08. The second kappa shape index (κ2) is 2.39. The van der Waals surface area contributed by atoms with Gasteiger partial charge in [0.05, 0.1) is 11.2 Å². The quantitative estimate of drug-likeness (QED) is 0.606. The van der Waals surface area contributed by atoms with E-state index < -0.39 is 0 Å². The Morgan fingerprint density at radius 1 is 0.812 bits per heavy atom. The Labute approximate surface area is 98.9 Å². The zero-order valence-corrected chi connectivity index (χ0v) is 11.0. The van der Waals surface area contributed by atoms with E-state index >= 15 is 0 Å². The molecule has 0 aromatic rings. The van der Waals surface area contributed by atoms with E-state index in [1.54, 1.807) is 0 Å². The van der Waals surface area contributed by atoms with E-state index in [0.29, 0.717) is 5.41 Å². The summed E-state index contributed by atoms with van der Waals surface area (Å²) in [7, 11) is 0. The highest BCUT2D eigenvalue weighted by Gasteiger charge is 2.74. The normalized spacial score (nSPS) is 65.2. The fourth-order valence-corrected chi connectivity index (χ4v) is 5.99. The standard InChI is InChI=1S/C15H24O/c1-13(2)9-5-7-14(3)10-6-8-15(4,16-14)12(10)11(9)13/h9-12H,5-8H2,1-4H3. The van der Waals surface area contributed by atoms with Crippen molar-refractivity contribution in [2.45, 2.75) is 64.6 Å². The van der Waals surface area contributed by atoms with Crippen molar-refractivity contribution in [1.29, 1.82) is 0 Å². The van der Waals surface area contributed by atoms with Gasteiger partial charge in [-0.2, -0.15) is 0 Å². The van der Waals surface area contributed by atoms with Crippen molar-refractivity contribution in [3.63, 3.8) is 0 Å². The third kappa shape index (κ3) is 0.868. The summed E-state index contributed by atoms with van der Waals surface area (Å²) in [5, 5.41) is 0. The van der Waals surface area contributed by atoms with E-state index in [2.05, 4.69) is 27.7 Å². The Balaban J connectivity index is 1.81. The Hall–Kier alpha value is -0.0400. The minimum Gasteiger partial charge on any atom is -0.369 e. The van der Waals surface area contributed by atoms with Crippen molar-refractivity contribution >= 4 is 0 Å². The lowest BCUT2D eigenvalue weighted by Gasteiger charge is -2.37. The molecule has 1 heteroatoms. The van der Waals surface area contributed by atoms with Crippen LogP contribution in [0.3, 0.4) is 0 Å². The smallest absolute Gasteiger partial charge is 0.0696 e. The van der Waals surface area contributed by atoms with Crippen LogP contribution in [0.25, 0.3) is 0 Å². The van der Waals surface area contributed by atoms with E-state index in [1.807, 2.05) is 0 Å². The molecule has 1 nitrogen and oxygen atoms in total. The minimum absolute atomic E-state index is 0.233. The largest absolute Gasteiger partial charge is 0.369 e. The van der Waals surface area contributed by atoms with Crippen LogP contribution in [0.4, 0.5) is 0 Å². The van der Waals surface area contributed by atoms with Crippen molar-refractivity contribution in [3.8, 4) is 0 Å². The molecule has 0 aromatic heterocycles. The highest BCUT2D eigenvalue weighted by Crippen LogP contribution is 2.76. The van der Waals surface area contributed by atoms with Crippen LogP contribution in [0.1, 0.15) is 53.4 Å². The van der Waals surface area contributed by atoms with Crippen LogP contribution in [0.15, 0.2) is 0 Å². The Morgan fingerprint density at radius 3 is 2.19 bits per heavy atom. The molecule has 4 aliphatic rings. The molecule has 4 rings (SSSR count). The predicted molar refractivity (Wildman–Crippen MR) is 64.1 cm³/mol. The summed E-state index contributed by atoms with van der Waals surface area (Å²) in [6.45, 7) is 9.78. The second-order valence-corrected chi connectivity index (χ2v) is 7.89. The summed E-state index contributed by atoms with van der Waals surface area (Å²) in [6, 6.07) is 0. The fraction of sp³-hybridized carbons (Fsp3) is 1.00. The molecular formula is C15H24O. The van der Waals surface area contributed by atoms with Crippen LogP contribution in [-0.2, 0) is 4.74 Å². The van der Waals surface area contributed by atoms with Gasteiger partial charge in [-0.15, -0.1) is 0 Å². The van der Waals surface area contributed by atoms with Gasteiger partial charge in [0.15, 0.2) is 0 Å². The molecule has 1 aliphatic heterocycles. The van der Waals surface area contributed by atoms with Crippen LogP contribution < -0.4 is 0 Å².